The molecule has 3 atom stereocenters. The first-order chi connectivity index (χ1) is 19.8. The zero-order chi connectivity index (χ0) is 28.8. The highest BCUT2D eigenvalue weighted by Gasteiger charge is 2.57. The fourth-order valence-corrected chi connectivity index (χ4v) is 8.19. The van der Waals surface area contributed by atoms with Gasteiger partial charge in [-0.3, -0.25) is 23.7 Å². The Bertz CT molecular complexity index is 1750. The Balaban J connectivity index is 1.43. The summed E-state index contributed by atoms with van der Waals surface area (Å²) in [5.74, 6) is -2.78. The lowest BCUT2D eigenvalue weighted by molar-refractivity contribution is -0.122. The lowest BCUT2D eigenvalue weighted by Gasteiger charge is -2.31. The zero-order valence-electron chi connectivity index (χ0n) is 22.0. The molecule has 6 rings (SSSR count). The van der Waals surface area contributed by atoms with E-state index in [1.165, 1.54) is 35.9 Å². The summed E-state index contributed by atoms with van der Waals surface area (Å²) in [6.45, 7) is 1.65. The molecule has 0 radical (unpaired) electrons. The number of para-hydroxylation sites is 1. The number of carbonyl (C=O) groups excluding carboxylic acids is 3. The van der Waals surface area contributed by atoms with E-state index in [1.807, 2.05) is 37.3 Å². The molecular weight excluding hydrogens is 565 g/mol. The molecule has 2 aliphatic heterocycles. The van der Waals surface area contributed by atoms with Gasteiger partial charge in [-0.1, -0.05) is 53.4 Å². The molecule has 1 N–H and O–H groups in total. The van der Waals surface area contributed by atoms with Crippen LogP contribution >= 0.6 is 23.1 Å². The SMILES string of the molecule is COc1ccccc1[C@@H]1c2sc(=O)n(CC(=O)Nc3cccc(C)c3)c2S[C@H]2C(=O)N(c3ccc(F)cc3)C(=O)[C@@H]12. The van der Waals surface area contributed by atoms with Crippen LogP contribution in [0.4, 0.5) is 15.8 Å². The number of halogens is 1. The van der Waals surface area contributed by atoms with Crippen molar-refractivity contribution in [2.45, 2.75) is 29.7 Å². The monoisotopic (exact) mass is 589 g/mol. The van der Waals surface area contributed by atoms with Gasteiger partial charge in [-0.2, -0.15) is 0 Å². The minimum atomic E-state index is -0.866. The third-order valence-electron chi connectivity index (χ3n) is 7.21. The molecule has 0 aliphatic carbocycles. The van der Waals surface area contributed by atoms with Gasteiger partial charge >= 0.3 is 4.87 Å². The number of thiazole rings is 1. The summed E-state index contributed by atoms with van der Waals surface area (Å²) in [5, 5.41) is 2.43. The third kappa shape index (κ3) is 4.74. The topological polar surface area (TPSA) is 97.7 Å². The largest absolute Gasteiger partial charge is 0.496 e. The molecule has 1 aromatic heterocycles. The number of benzene rings is 3. The average molecular weight is 590 g/mol. The van der Waals surface area contributed by atoms with Gasteiger partial charge in [-0.15, -0.1) is 0 Å². The van der Waals surface area contributed by atoms with Crippen LogP contribution in [0.25, 0.3) is 0 Å². The molecule has 11 heteroatoms. The third-order valence-corrected chi connectivity index (χ3v) is 9.82. The van der Waals surface area contributed by atoms with Crippen LogP contribution in [0.3, 0.4) is 0 Å². The molecule has 1 saturated heterocycles. The lowest BCUT2D eigenvalue weighted by Crippen LogP contribution is -2.33. The van der Waals surface area contributed by atoms with Crippen molar-refractivity contribution >= 4 is 52.2 Å². The minimum Gasteiger partial charge on any atom is -0.496 e. The van der Waals surface area contributed by atoms with Gasteiger partial charge in [0, 0.05) is 22.0 Å². The van der Waals surface area contributed by atoms with Gasteiger partial charge in [0.05, 0.1) is 23.7 Å². The molecule has 208 valence electrons. The first-order valence-electron chi connectivity index (χ1n) is 12.8. The van der Waals surface area contributed by atoms with Crippen LogP contribution in [0.1, 0.15) is 21.9 Å². The maximum Gasteiger partial charge on any atom is 0.308 e. The number of ether oxygens (including phenoxy) is 1. The summed E-state index contributed by atoms with van der Waals surface area (Å²) in [7, 11) is 1.52. The van der Waals surface area contributed by atoms with E-state index in [-0.39, 0.29) is 17.1 Å². The highest BCUT2D eigenvalue weighted by atomic mass is 32.2. The van der Waals surface area contributed by atoms with E-state index in [4.69, 9.17) is 4.74 Å². The van der Waals surface area contributed by atoms with Crippen molar-refractivity contribution in [3.05, 3.63) is 104 Å². The zero-order valence-corrected chi connectivity index (χ0v) is 23.6. The quantitative estimate of drug-likeness (QED) is 0.325. The second-order valence-corrected chi connectivity index (χ2v) is 11.9. The van der Waals surface area contributed by atoms with Gasteiger partial charge in [0.25, 0.3) is 0 Å². The lowest BCUT2D eigenvalue weighted by atomic mass is 9.82. The maximum absolute atomic E-state index is 13.9. The van der Waals surface area contributed by atoms with Crippen molar-refractivity contribution in [2.75, 3.05) is 17.3 Å². The summed E-state index contributed by atoms with van der Waals surface area (Å²) in [6, 6.07) is 19.7. The molecule has 0 saturated carbocycles. The molecule has 0 bridgehead atoms. The maximum atomic E-state index is 13.9. The Kier molecular flexibility index (Phi) is 7.00. The number of hydrogen-bond acceptors (Lipinski definition) is 7. The van der Waals surface area contributed by atoms with E-state index in [9.17, 15) is 23.6 Å². The number of nitrogens with zero attached hydrogens (tertiary/aromatic N) is 2. The number of hydrogen-bond donors (Lipinski definition) is 1. The summed E-state index contributed by atoms with van der Waals surface area (Å²) >= 11 is 2.08. The first-order valence-corrected chi connectivity index (χ1v) is 14.5. The highest BCUT2D eigenvalue weighted by molar-refractivity contribution is 8.00. The summed E-state index contributed by atoms with van der Waals surface area (Å²) in [4.78, 5) is 55.4. The Morgan fingerprint density at radius 2 is 1.76 bits per heavy atom. The smallest absolute Gasteiger partial charge is 0.308 e. The van der Waals surface area contributed by atoms with Gasteiger partial charge < -0.3 is 10.1 Å². The number of aromatic nitrogens is 1. The minimum absolute atomic E-state index is 0.258. The van der Waals surface area contributed by atoms with E-state index < -0.39 is 40.6 Å². The van der Waals surface area contributed by atoms with Crippen LogP contribution in [-0.2, 0) is 20.9 Å². The standard InChI is InChI=1S/C30H24FN3O5S2/c1-16-6-5-7-18(14-16)32-22(35)15-33-29-26(41-30(33)38)23(20-8-3-4-9-21(20)39-2)24-25(40-29)28(37)34(27(24)36)19-12-10-17(31)11-13-19/h3-14,23-25H,15H2,1-2H3,(H,32,35)/t23-,24-,25+/m0/s1. The predicted octanol–water partition coefficient (Wildman–Crippen LogP) is 4.80. The summed E-state index contributed by atoms with van der Waals surface area (Å²) in [5.41, 5.74) is 2.52. The van der Waals surface area contributed by atoms with Gasteiger partial charge in [0.1, 0.15) is 23.4 Å². The number of anilines is 2. The van der Waals surface area contributed by atoms with Crippen molar-refractivity contribution in [3.8, 4) is 5.75 Å². The number of aryl methyl sites for hydroxylation is 1. The van der Waals surface area contributed by atoms with Crippen LogP contribution in [0.5, 0.6) is 5.75 Å². The molecule has 0 unspecified atom stereocenters. The molecule has 3 amide bonds. The Labute approximate surface area is 242 Å². The van der Waals surface area contributed by atoms with Crippen LogP contribution in [0.2, 0.25) is 0 Å². The highest BCUT2D eigenvalue weighted by Crippen LogP contribution is 2.55. The van der Waals surface area contributed by atoms with E-state index in [0.29, 0.717) is 26.9 Å². The van der Waals surface area contributed by atoms with Gasteiger partial charge in [-0.25, -0.2) is 9.29 Å². The number of carbonyl (C=O) groups is 3. The summed E-state index contributed by atoms with van der Waals surface area (Å²) in [6.07, 6.45) is 0. The van der Waals surface area contributed by atoms with Crippen molar-refractivity contribution < 1.29 is 23.5 Å². The van der Waals surface area contributed by atoms with Crippen LogP contribution in [0.15, 0.2) is 82.6 Å². The molecule has 0 spiro atoms. The average Bonchev–Trinajstić information content (AvgIpc) is 3.39. The second-order valence-electron chi connectivity index (χ2n) is 9.81. The Morgan fingerprint density at radius 1 is 1.00 bits per heavy atom. The van der Waals surface area contributed by atoms with E-state index >= 15 is 0 Å². The Hall–Kier alpha value is -4.22. The molecule has 2 aliphatic rings. The van der Waals surface area contributed by atoms with Crippen LogP contribution < -0.4 is 19.8 Å². The Morgan fingerprint density at radius 3 is 2.49 bits per heavy atom. The number of fused-ring (bicyclic) bond motifs is 2. The van der Waals surface area contributed by atoms with Crippen molar-refractivity contribution in [1.29, 1.82) is 0 Å². The van der Waals surface area contributed by atoms with Gasteiger partial charge in [0.15, 0.2) is 0 Å². The molecule has 4 aromatic rings. The van der Waals surface area contributed by atoms with Crippen LogP contribution in [0, 0.1) is 18.7 Å². The van der Waals surface area contributed by atoms with Crippen molar-refractivity contribution in [3.63, 3.8) is 0 Å². The number of nitrogens with one attached hydrogen (secondary N) is 1. The molecule has 8 nitrogen and oxygen atoms in total. The molecule has 1 fully saturated rings. The van der Waals surface area contributed by atoms with E-state index in [1.54, 1.807) is 18.2 Å². The number of rotatable bonds is 6. The number of methoxy groups -OCH3 is 1. The van der Waals surface area contributed by atoms with Gasteiger partial charge in [0.2, 0.25) is 17.7 Å². The normalized spacial score (nSPS) is 19.6. The number of amides is 3. The molecular formula is C30H24FN3O5S2. The summed E-state index contributed by atoms with van der Waals surface area (Å²) < 4.78 is 20.6. The van der Waals surface area contributed by atoms with Crippen molar-refractivity contribution in [2.24, 2.45) is 5.92 Å². The second kappa shape index (κ2) is 10.6. The predicted molar refractivity (Wildman–Crippen MR) is 155 cm³/mol. The van der Waals surface area contributed by atoms with Crippen molar-refractivity contribution in [1.82, 2.24) is 4.57 Å². The van der Waals surface area contributed by atoms with Crippen LogP contribution in [-0.4, -0.2) is 34.6 Å². The molecule has 3 aromatic carbocycles. The number of thioether (sulfide) groups is 1. The van der Waals surface area contributed by atoms with E-state index in [2.05, 4.69) is 5.32 Å². The molecule has 41 heavy (non-hydrogen) atoms. The first kappa shape index (κ1) is 27.0. The number of imide groups is 1. The molecule has 3 heterocycles. The van der Waals surface area contributed by atoms with Gasteiger partial charge in [-0.05, 0) is 55.0 Å². The fourth-order valence-electron chi connectivity index (χ4n) is 5.43. The fraction of sp³-hybridized carbons (Fsp3) is 0.200. The van der Waals surface area contributed by atoms with E-state index in [0.717, 1.165) is 33.6 Å².